The van der Waals surface area contributed by atoms with Crippen LogP contribution in [0.5, 0.6) is 5.75 Å². The second-order valence-corrected chi connectivity index (χ2v) is 10.6. The molecule has 1 aromatic carbocycles. The molecule has 2 amide bonds. The van der Waals surface area contributed by atoms with Crippen molar-refractivity contribution < 1.29 is 18.7 Å². The zero-order chi connectivity index (χ0) is 22.8. The molecular weight excluding hydrogens is 439 g/mol. The van der Waals surface area contributed by atoms with E-state index < -0.39 is 0 Å². The Bertz CT molecular complexity index is 982. The number of carbonyl (C=O) groups excluding carboxylic acids is 2. The first-order valence-corrected chi connectivity index (χ1v) is 13.0. The van der Waals surface area contributed by atoms with E-state index in [4.69, 9.17) is 4.74 Å². The second kappa shape index (κ2) is 9.84. The van der Waals surface area contributed by atoms with Gasteiger partial charge < -0.3 is 14.5 Å². The first-order valence-electron chi connectivity index (χ1n) is 12.1. The number of amides is 2. The third-order valence-electron chi connectivity index (χ3n) is 7.15. The molecule has 1 aromatic heterocycles. The summed E-state index contributed by atoms with van der Waals surface area (Å²) in [5.41, 5.74) is 1.12. The molecule has 5 nitrogen and oxygen atoms in total. The Morgan fingerprint density at radius 3 is 2.58 bits per heavy atom. The zero-order valence-electron chi connectivity index (χ0n) is 18.9. The summed E-state index contributed by atoms with van der Waals surface area (Å²) >= 11 is 1.71. The summed E-state index contributed by atoms with van der Waals surface area (Å²) in [4.78, 5) is 31.8. The van der Waals surface area contributed by atoms with E-state index in [1.165, 1.54) is 17.0 Å². The van der Waals surface area contributed by atoms with Crippen LogP contribution in [0.2, 0.25) is 0 Å². The van der Waals surface area contributed by atoms with Crippen molar-refractivity contribution in [3.63, 3.8) is 0 Å². The third-order valence-corrected chi connectivity index (χ3v) is 8.15. The van der Waals surface area contributed by atoms with Gasteiger partial charge in [0.2, 0.25) is 11.8 Å². The molecular formula is C26H31FN2O3S. The topological polar surface area (TPSA) is 49.9 Å². The highest BCUT2D eigenvalue weighted by atomic mass is 32.1. The first-order chi connectivity index (χ1) is 16.1. The number of carbonyl (C=O) groups is 2. The number of nitrogens with zero attached hydrogens (tertiary/aromatic N) is 2. The lowest BCUT2D eigenvalue weighted by atomic mass is 10.00. The van der Waals surface area contributed by atoms with Crippen molar-refractivity contribution in [1.29, 1.82) is 0 Å². The van der Waals surface area contributed by atoms with Gasteiger partial charge in [0.15, 0.2) is 0 Å². The van der Waals surface area contributed by atoms with Crippen molar-refractivity contribution in [3.8, 4) is 5.75 Å². The van der Waals surface area contributed by atoms with Gasteiger partial charge >= 0.3 is 0 Å². The van der Waals surface area contributed by atoms with Crippen LogP contribution in [0.1, 0.15) is 55.0 Å². The molecule has 1 unspecified atom stereocenters. The fourth-order valence-corrected chi connectivity index (χ4v) is 6.04. The quantitative estimate of drug-likeness (QED) is 0.556. The monoisotopic (exact) mass is 470 g/mol. The minimum atomic E-state index is -0.306. The van der Waals surface area contributed by atoms with Crippen molar-refractivity contribution in [2.75, 3.05) is 26.2 Å². The molecule has 0 bridgehead atoms. The summed E-state index contributed by atoms with van der Waals surface area (Å²) in [6.07, 6.45) is 7.24. The van der Waals surface area contributed by atoms with Crippen LogP contribution in [0.15, 0.2) is 35.7 Å². The minimum Gasteiger partial charge on any atom is -0.491 e. The molecule has 3 aliphatic rings. The lowest BCUT2D eigenvalue weighted by molar-refractivity contribution is -0.145. The molecule has 0 spiro atoms. The molecule has 7 heteroatoms. The van der Waals surface area contributed by atoms with Gasteiger partial charge in [-0.25, -0.2) is 4.39 Å². The summed E-state index contributed by atoms with van der Waals surface area (Å²) < 4.78 is 19.2. The Morgan fingerprint density at radius 1 is 1.09 bits per heavy atom. The molecule has 2 heterocycles. The third kappa shape index (κ3) is 5.24. The van der Waals surface area contributed by atoms with Crippen molar-refractivity contribution in [2.24, 2.45) is 11.8 Å². The fraction of sp³-hybridized carbons (Fsp3) is 0.538. The number of thiophene rings is 1. The largest absolute Gasteiger partial charge is 0.491 e. The number of halogens is 1. The van der Waals surface area contributed by atoms with Crippen LogP contribution in [-0.4, -0.2) is 47.9 Å². The van der Waals surface area contributed by atoms with Gasteiger partial charge in [0.1, 0.15) is 18.2 Å². The van der Waals surface area contributed by atoms with Gasteiger partial charge in [0.05, 0.1) is 12.6 Å². The Balaban J connectivity index is 1.30. The SMILES string of the molecule is O=C(C1CCCC1)N(CC(=O)N1CCc2sccc2C1COc1ccc(F)cc1)CC1CC1. The predicted molar refractivity (Wildman–Crippen MR) is 126 cm³/mol. The van der Waals surface area contributed by atoms with Crippen molar-refractivity contribution in [3.05, 3.63) is 52.0 Å². The maximum Gasteiger partial charge on any atom is 0.242 e. The van der Waals surface area contributed by atoms with E-state index in [1.807, 2.05) is 9.80 Å². The van der Waals surface area contributed by atoms with Gasteiger partial charge in [0.25, 0.3) is 0 Å². The summed E-state index contributed by atoms with van der Waals surface area (Å²) in [5, 5.41) is 2.06. The Labute approximate surface area is 198 Å². The predicted octanol–water partition coefficient (Wildman–Crippen LogP) is 4.82. The van der Waals surface area contributed by atoms with Crippen LogP contribution in [0.4, 0.5) is 4.39 Å². The van der Waals surface area contributed by atoms with Gasteiger partial charge in [-0.1, -0.05) is 12.8 Å². The maximum atomic E-state index is 13.6. The van der Waals surface area contributed by atoms with Gasteiger partial charge in [-0.3, -0.25) is 9.59 Å². The van der Waals surface area contributed by atoms with Crippen LogP contribution < -0.4 is 4.74 Å². The average molecular weight is 471 g/mol. The Kier molecular flexibility index (Phi) is 6.67. The van der Waals surface area contributed by atoms with Crippen LogP contribution in [0.25, 0.3) is 0 Å². The fourth-order valence-electron chi connectivity index (χ4n) is 5.11. The molecule has 2 aliphatic carbocycles. The number of ether oxygens (including phenoxy) is 1. The van der Waals surface area contributed by atoms with E-state index in [1.54, 1.807) is 23.5 Å². The smallest absolute Gasteiger partial charge is 0.242 e. The molecule has 2 aromatic rings. The molecule has 0 radical (unpaired) electrons. The van der Waals surface area contributed by atoms with E-state index in [2.05, 4.69) is 11.4 Å². The standard InChI is InChI=1S/C26H31FN2O3S/c27-20-7-9-21(10-8-20)32-17-23-22-12-14-33-24(22)11-13-29(23)25(30)16-28(15-18-5-6-18)26(31)19-3-1-2-4-19/h7-10,12,14,18-19,23H,1-6,11,13,15-17H2. The van der Waals surface area contributed by atoms with Gasteiger partial charge in [-0.05, 0) is 79.3 Å². The van der Waals surface area contributed by atoms with Gasteiger partial charge in [-0.15, -0.1) is 11.3 Å². The Hall–Kier alpha value is -2.41. The molecule has 5 rings (SSSR count). The molecule has 1 atom stereocenters. The van der Waals surface area contributed by atoms with Crippen LogP contribution >= 0.6 is 11.3 Å². The lowest BCUT2D eigenvalue weighted by Crippen LogP contribution is -2.49. The van der Waals surface area contributed by atoms with Crippen LogP contribution in [-0.2, 0) is 16.0 Å². The van der Waals surface area contributed by atoms with Crippen LogP contribution in [0, 0.1) is 17.7 Å². The first kappa shape index (κ1) is 22.4. The highest BCUT2D eigenvalue weighted by molar-refractivity contribution is 7.10. The number of benzene rings is 1. The number of rotatable bonds is 8. The number of hydrogen-bond acceptors (Lipinski definition) is 4. The van der Waals surface area contributed by atoms with E-state index in [0.29, 0.717) is 31.4 Å². The number of fused-ring (bicyclic) bond motifs is 1. The maximum absolute atomic E-state index is 13.6. The summed E-state index contributed by atoms with van der Waals surface area (Å²) in [5.74, 6) is 1.06. The highest BCUT2D eigenvalue weighted by Gasteiger charge is 2.36. The molecule has 2 saturated carbocycles. The average Bonchev–Trinajstić information content (AvgIpc) is 3.27. The molecule has 33 heavy (non-hydrogen) atoms. The van der Waals surface area contributed by atoms with E-state index >= 15 is 0 Å². The Morgan fingerprint density at radius 2 is 1.85 bits per heavy atom. The second-order valence-electron chi connectivity index (χ2n) is 9.56. The lowest BCUT2D eigenvalue weighted by Gasteiger charge is -2.37. The zero-order valence-corrected chi connectivity index (χ0v) is 19.7. The highest BCUT2D eigenvalue weighted by Crippen LogP contribution is 2.35. The van der Waals surface area contributed by atoms with E-state index in [9.17, 15) is 14.0 Å². The summed E-state index contributed by atoms with van der Waals surface area (Å²) in [7, 11) is 0. The molecule has 176 valence electrons. The summed E-state index contributed by atoms with van der Waals surface area (Å²) in [6, 6.07) is 7.83. The number of hydrogen-bond donors (Lipinski definition) is 0. The van der Waals surface area contributed by atoms with Gasteiger partial charge in [-0.2, -0.15) is 0 Å². The van der Waals surface area contributed by atoms with Crippen molar-refractivity contribution in [1.82, 2.24) is 9.80 Å². The minimum absolute atomic E-state index is 0.00782. The van der Waals surface area contributed by atoms with Crippen molar-refractivity contribution in [2.45, 2.75) is 51.0 Å². The summed E-state index contributed by atoms with van der Waals surface area (Å²) in [6.45, 7) is 1.78. The normalized spacial score (nSPS) is 20.5. The molecule has 0 saturated heterocycles. The van der Waals surface area contributed by atoms with E-state index in [0.717, 1.165) is 50.5 Å². The van der Waals surface area contributed by atoms with Gasteiger partial charge in [0, 0.05) is 23.9 Å². The van der Waals surface area contributed by atoms with E-state index in [-0.39, 0.29) is 36.1 Å². The van der Waals surface area contributed by atoms with Crippen LogP contribution in [0.3, 0.4) is 0 Å². The molecule has 1 aliphatic heterocycles. The van der Waals surface area contributed by atoms with Crippen molar-refractivity contribution >= 4 is 23.2 Å². The molecule has 0 N–H and O–H groups in total. The molecule has 2 fully saturated rings.